The summed E-state index contributed by atoms with van der Waals surface area (Å²) in [5.74, 6) is -4.55. The third-order valence-corrected chi connectivity index (χ3v) is 1.46. The summed E-state index contributed by atoms with van der Waals surface area (Å²) in [5.41, 5.74) is 0.0280. The molecule has 2 N–H and O–H groups in total. The maximum atomic E-state index is 12.7. The number of hydrogen-bond acceptors (Lipinski definition) is 2. The standard InChI is InChI=1S/C9H6F2O3/c10-6-3-5(1-2-8(12)13)4-7(11)9(6)14/h1-4,14H,(H,12,13)/b2-1-. The van der Waals surface area contributed by atoms with Gasteiger partial charge >= 0.3 is 5.97 Å². The summed E-state index contributed by atoms with van der Waals surface area (Å²) in [6.07, 6.45) is 1.76. The zero-order valence-corrected chi connectivity index (χ0v) is 6.87. The Morgan fingerprint density at radius 3 is 2.21 bits per heavy atom. The van der Waals surface area contributed by atoms with E-state index in [-0.39, 0.29) is 5.56 Å². The van der Waals surface area contributed by atoms with Gasteiger partial charge in [-0.1, -0.05) is 0 Å². The van der Waals surface area contributed by atoms with Gasteiger partial charge in [0.15, 0.2) is 17.4 Å². The minimum absolute atomic E-state index is 0.0280. The molecule has 0 radical (unpaired) electrons. The van der Waals surface area contributed by atoms with Gasteiger partial charge in [-0.05, 0) is 23.8 Å². The van der Waals surface area contributed by atoms with Crippen LogP contribution < -0.4 is 0 Å². The number of carbonyl (C=O) groups is 1. The Hall–Kier alpha value is -1.91. The molecule has 5 heteroatoms. The Bertz CT molecular complexity index is 376. The molecule has 14 heavy (non-hydrogen) atoms. The van der Waals surface area contributed by atoms with Crippen molar-refractivity contribution in [1.29, 1.82) is 0 Å². The maximum absolute atomic E-state index is 12.7. The molecule has 0 saturated heterocycles. The van der Waals surface area contributed by atoms with E-state index in [0.29, 0.717) is 0 Å². The average Bonchev–Trinajstić information content (AvgIpc) is 2.10. The van der Waals surface area contributed by atoms with Crippen LogP contribution in [0.2, 0.25) is 0 Å². The van der Waals surface area contributed by atoms with Gasteiger partial charge in [0.25, 0.3) is 0 Å². The molecule has 0 amide bonds. The average molecular weight is 200 g/mol. The van der Waals surface area contributed by atoms with Gasteiger partial charge in [0, 0.05) is 6.08 Å². The lowest BCUT2D eigenvalue weighted by atomic mass is 10.2. The fourth-order valence-corrected chi connectivity index (χ4v) is 0.849. The van der Waals surface area contributed by atoms with E-state index in [1.165, 1.54) is 0 Å². The first-order valence-electron chi connectivity index (χ1n) is 3.59. The number of phenolic OH excluding ortho intramolecular Hbond substituents is 1. The van der Waals surface area contributed by atoms with E-state index in [1.807, 2.05) is 0 Å². The number of phenols is 1. The van der Waals surface area contributed by atoms with Crippen LogP contribution in [0.15, 0.2) is 18.2 Å². The molecular weight excluding hydrogens is 194 g/mol. The zero-order chi connectivity index (χ0) is 10.7. The van der Waals surface area contributed by atoms with Crippen LogP contribution in [0.5, 0.6) is 5.75 Å². The lowest BCUT2D eigenvalue weighted by Gasteiger charge is -1.98. The van der Waals surface area contributed by atoms with Gasteiger partial charge < -0.3 is 10.2 Å². The second-order valence-corrected chi connectivity index (χ2v) is 2.50. The summed E-state index contributed by atoms with van der Waals surface area (Å²) in [7, 11) is 0. The van der Waals surface area contributed by atoms with Crippen molar-refractivity contribution in [3.63, 3.8) is 0 Å². The molecule has 0 saturated carbocycles. The molecule has 0 unspecified atom stereocenters. The second kappa shape index (κ2) is 3.87. The van der Waals surface area contributed by atoms with Crippen LogP contribution in [-0.2, 0) is 4.79 Å². The topological polar surface area (TPSA) is 57.5 Å². The first-order valence-corrected chi connectivity index (χ1v) is 3.59. The largest absolute Gasteiger partial charge is 0.503 e. The second-order valence-electron chi connectivity index (χ2n) is 2.50. The highest BCUT2D eigenvalue weighted by Crippen LogP contribution is 2.21. The fourth-order valence-electron chi connectivity index (χ4n) is 0.849. The van der Waals surface area contributed by atoms with Gasteiger partial charge in [0.05, 0.1) is 0 Å². The lowest BCUT2D eigenvalue weighted by Crippen LogP contribution is -1.88. The van der Waals surface area contributed by atoms with Crippen molar-refractivity contribution in [3.05, 3.63) is 35.4 Å². The number of aliphatic carboxylic acids is 1. The molecule has 0 aliphatic rings. The van der Waals surface area contributed by atoms with Crippen LogP contribution in [0.1, 0.15) is 5.56 Å². The van der Waals surface area contributed by atoms with Crippen molar-refractivity contribution in [2.75, 3.05) is 0 Å². The van der Waals surface area contributed by atoms with Crippen molar-refractivity contribution in [1.82, 2.24) is 0 Å². The molecule has 0 fully saturated rings. The van der Waals surface area contributed by atoms with E-state index in [0.717, 1.165) is 24.3 Å². The van der Waals surface area contributed by atoms with Crippen molar-refractivity contribution in [2.24, 2.45) is 0 Å². The van der Waals surface area contributed by atoms with Crippen molar-refractivity contribution >= 4 is 12.0 Å². The van der Waals surface area contributed by atoms with Crippen LogP contribution in [-0.4, -0.2) is 16.2 Å². The summed E-state index contributed by atoms with van der Waals surface area (Å²) in [5, 5.41) is 17.0. The van der Waals surface area contributed by atoms with Gasteiger partial charge in [-0.3, -0.25) is 0 Å². The van der Waals surface area contributed by atoms with Crippen LogP contribution in [0.4, 0.5) is 8.78 Å². The maximum Gasteiger partial charge on any atom is 0.328 e. The van der Waals surface area contributed by atoms with E-state index in [2.05, 4.69) is 0 Å². The summed E-state index contributed by atoms with van der Waals surface area (Å²) < 4.78 is 25.4. The molecule has 0 spiro atoms. The van der Waals surface area contributed by atoms with E-state index < -0.39 is 23.4 Å². The van der Waals surface area contributed by atoms with Crippen LogP contribution in [0.25, 0.3) is 6.08 Å². The van der Waals surface area contributed by atoms with Crippen molar-refractivity contribution in [2.45, 2.75) is 0 Å². The van der Waals surface area contributed by atoms with Crippen LogP contribution in [0.3, 0.4) is 0 Å². The Morgan fingerprint density at radius 1 is 1.29 bits per heavy atom. The molecule has 0 aliphatic heterocycles. The molecule has 0 bridgehead atoms. The summed E-state index contributed by atoms with van der Waals surface area (Å²) >= 11 is 0. The SMILES string of the molecule is O=C(O)/C=C\c1cc(F)c(O)c(F)c1. The number of aromatic hydroxyl groups is 1. The van der Waals surface area contributed by atoms with E-state index >= 15 is 0 Å². The van der Waals surface area contributed by atoms with E-state index in [9.17, 15) is 13.6 Å². The zero-order valence-electron chi connectivity index (χ0n) is 6.87. The predicted molar refractivity (Wildman–Crippen MR) is 44.7 cm³/mol. The Morgan fingerprint density at radius 2 is 1.79 bits per heavy atom. The molecule has 1 rings (SSSR count). The molecule has 1 aromatic carbocycles. The molecule has 0 aromatic heterocycles. The minimum atomic E-state index is -1.22. The van der Waals surface area contributed by atoms with Crippen LogP contribution in [0, 0.1) is 11.6 Å². The molecular formula is C9H6F2O3. The van der Waals surface area contributed by atoms with Gasteiger partial charge in [0.2, 0.25) is 0 Å². The summed E-state index contributed by atoms with van der Waals surface area (Å²) in [6.45, 7) is 0. The first-order chi connectivity index (χ1) is 6.50. The Balaban J connectivity index is 3.07. The highest BCUT2D eigenvalue weighted by molar-refractivity contribution is 5.85. The van der Waals surface area contributed by atoms with Crippen LogP contribution >= 0.6 is 0 Å². The monoisotopic (exact) mass is 200 g/mol. The number of halogens is 2. The molecule has 0 aliphatic carbocycles. The number of carboxylic acid groups (broad SMARTS) is 1. The normalized spacial score (nSPS) is 10.7. The molecule has 3 nitrogen and oxygen atoms in total. The predicted octanol–water partition coefficient (Wildman–Crippen LogP) is 1.77. The number of benzene rings is 1. The molecule has 1 aromatic rings. The molecule has 0 heterocycles. The minimum Gasteiger partial charge on any atom is -0.503 e. The van der Waals surface area contributed by atoms with E-state index in [1.54, 1.807) is 0 Å². The highest BCUT2D eigenvalue weighted by atomic mass is 19.1. The third-order valence-electron chi connectivity index (χ3n) is 1.46. The van der Waals surface area contributed by atoms with Gasteiger partial charge in [-0.25, -0.2) is 13.6 Å². The van der Waals surface area contributed by atoms with E-state index in [4.69, 9.17) is 10.2 Å². The summed E-state index contributed by atoms with van der Waals surface area (Å²) in [6, 6.07) is 1.66. The summed E-state index contributed by atoms with van der Waals surface area (Å²) in [4.78, 5) is 10.1. The number of rotatable bonds is 2. The first kappa shape index (κ1) is 10.2. The fraction of sp³-hybridized carbons (Fsp3) is 0. The van der Waals surface area contributed by atoms with Gasteiger partial charge in [-0.15, -0.1) is 0 Å². The van der Waals surface area contributed by atoms with Crippen molar-refractivity contribution < 1.29 is 23.8 Å². The molecule has 0 atom stereocenters. The number of hydrogen-bond donors (Lipinski definition) is 2. The third kappa shape index (κ3) is 2.29. The molecule has 74 valence electrons. The van der Waals surface area contributed by atoms with Gasteiger partial charge in [0.1, 0.15) is 0 Å². The quantitative estimate of drug-likeness (QED) is 0.715. The lowest BCUT2D eigenvalue weighted by molar-refractivity contribution is -0.131. The Kier molecular flexibility index (Phi) is 2.81. The van der Waals surface area contributed by atoms with Gasteiger partial charge in [-0.2, -0.15) is 0 Å². The smallest absolute Gasteiger partial charge is 0.328 e. The highest BCUT2D eigenvalue weighted by Gasteiger charge is 2.07. The number of carboxylic acids is 1. The van der Waals surface area contributed by atoms with Crippen molar-refractivity contribution in [3.8, 4) is 5.75 Å². The Labute approximate surface area is 77.9 Å².